The van der Waals surface area contributed by atoms with Crippen molar-refractivity contribution in [1.82, 2.24) is 0 Å². The van der Waals surface area contributed by atoms with E-state index in [0.717, 1.165) is 6.07 Å². The Labute approximate surface area is 144 Å². The summed E-state index contributed by atoms with van der Waals surface area (Å²) in [5.74, 6) is 0.154. The van der Waals surface area contributed by atoms with E-state index in [9.17, 15) is 31.1 Å². The summed E-state index contributed by atoms with van der Waals surface area (Å²) >= 11 is 0. The minimum Gasteiger partial charge on any atom is -0.493 e. The Bertz CT molecular complexity index is 796. The molecular weight excluding hydrogens is 366 g/mol. The van der Waals surface area contributed by atoms with Crippen LogP contribution in [0.5, 0.6) is 11.5 Å². The van der Waals surface area contributed by atoms with Gasteiger partial charge in [-0.25, -0.2) is 0 Å². The maximum absolute atomic E-state index is 13.1. The molecule has 2 aromatic rings. The van der Waals surface area contributed by atoms with Gasteiger partial charge in [0.1, 0.15) is 12.9 Å². The van der Waals surface area contributed by atoms with Gasteiger partial charge in [0.15, 0.2) is 11.5 Å². The number of aldehydes is 1. The molecule has 3 nitrogen and oxygen atoms in total. The van der Waals surface area contributed by atoms with Crippen molar-refractivity contribution < 1.29 is 40.6 Å². The van der Waals surface area contributed by atoms with Crippen molar-refractivity contribution in [2.75, 3.05) is 7.11 Å². The zero-order valence-corrected chi connectivity index (χ0v) is 13.2. The minimum atomic E-state index is -4.98. The molecular formula is C17H12F6O3. The summed E-state index contributed by atoms with van der Waals surface area (Å²) in [6.45, 7) is -0.635. The molecule has 0 unspecified atom stereocenters. The number of ether oxygens (including phenoxy) is 2. The Kier molecular flexibility index (Phi) is 5.48. The second-order valence-corrected chi connectivity index (χ2v) is 5.18. The molecule has 0 radical (unpaired) electrons. The van der Waals surface area contributed by atoms with Crippen LogP contribution in [0.15, 0.2) is 36.4 Å². The Morgan fingerprint density at radius 1 is 0.923 bits per heavy atom. The number of alkyl halides is 6. The number of carbonyl (C=O) groups is 1. The van der Waals surface area contributed by atoms with Crippen molar-refractivity contribution in [3.05, 3.63) is 58.7 Å². The number of hydrogen-bond acceptors (Lipinski definition) is 3. The van der Waals surface area contributed by atoms with Crippen LogP contribution < -0.4 is 9.47 Å². The van der Waals surface area contributed by atoms with Gasteiger partial charge in [-0.05, 0) is 30.3 Å². The molecule has 0 saturated carbocycles. The van der Waals surface area contributed by atoms with Crippen LogP contribution in [0.4, 0.5) is 26.3 Å². The van der Waals surface area contributed by atoms with Crippen LogP contribution >= 0.6 is 0 Å². The Balaban J connectivity index is 2.34. The van der Waals surface area contributed by atoms with E-state index in [0.29, 0.717) is 12.4 Å². The fourth-order valence-corrected chi connectivity index (χ4v) is 2.17. The highest BCUT2D eigenvalue weighted by molar-refractivity contribution is 5.76. The predicted molar refractivity (Wildman–Crippen MR) is 79.2 cm³/mol. The van der Waals surface area contributed by atoms with Crippen molar-refractivity contribution >= 4 is 6.29 Å². The molecule has 0 spiro atoms. The van der Waals surface area contributed by atoms with Gasteiger partial charge in [-0.2, -0.15) is 26.3 Å². The summed E-state index contributed by atoms with van der Waals surface area (Å²) in [7, 11) is 1.27. The van der Waals surface area contributed by atoms with E-state index < -0.39 is 35.6 Å². The molecule has 0 amide bonds. The molecule has 0 fully saturated rings. The van der Waals surface area contributed by atoms with Crippen LogP contribution in [0.3, 0.4) is 0 Å². The lowest BCUT2D eigenvalue weighted by Crippen LogP contribution is -2.14. The third kappa shape index (κ3) is 4.47. The average Bonchev–Trinajstić information content (AvgIpc) is 2.58. The Morgan fingerprint density at radius 3 is 2.15 bits per heavy atom. The smallest absolute Gasteiger partial charge is 0.416 e. The topological polar surface area (TPSA) is 35.5 Å². The van der Waals surface area contributed by atoms with E-state index in [1.54, 1.807) is 0 Å². The fraction of sp³-hybridized carbons (Fsp3) is 0.235. The summed E-state index contributed by atoms with van der Waals surface area (Å²) in [6.07, 6.45) is -9.33. The molecule has 0 aliphatic carbocycles. The molecule has 0 N–H and O–H groups in total. The molecule has 0 heterocycles. The molecule has 2 aromatic carbocycles. The van der Waals surface area contributed by atoms with Crippen molar-refractivity contribution in [1.29, 1.82) is 0 Å². The van der Waals surface area contributed by atoms with Gasteiger partial charge in [0.05, 0.1) is 18.2 Å². The highest BCUT2D eigenvalue weighted by atomic mass is 19.4. The van der Waals surface area contributed by atoms with Crippen LogP contribution in [0.1, 0.15) is 27.0 Å². The fourth-order valence-electron chi connectivity index (χ4n) is 2.17. The van der Waals surface area contributed by atoms with Crippen LogP contribution in [0, 0.1) is 0 Å². The highest BCUT2D eigenvalue weighted by Gasteiger charge is 2.38. The molecule has 0 saturated heterocycles. The van der Waals surface area contributed by atoms with Gasteiger partial charge in [0, 0.05) is 11.1 Å². The molecule has 0 bridgehead atoms. The van der Waals surface area contributed by atoms with Gasteiger partial charge in [-0.1, -0.05) is 6.07 Å². The van der Waals surface area contributed by atoms with Crippen molar-refractivity contribution in [2.45, 2.75) is 19.0 Å². The van der Waals surface area contributed by atoms with Gasteiger partial charge < -0.3 is 9.47 Å². The third-order valence-corrected chi connectivity index (χ3v) is 3.45. The summed E-state index contributed by atoms with van der Waals surface area (Å²) < 4.78 is 87.5. The van der Waals surface area contributed by atoms with Crippen LogP contribution in [0.25, 0.3) is 0 Å². The maximum atomic E-state index is 13.1. The summed E-state index contributed by atoms with van der Waals surface area (Å²) in [5, 5.41) is 0. The van der Waals surface area contributed by atoms with Gasteiger partial charge >= 0.3 is 12.4 Å². The standard InChI is InChI=1S/C17H12F6O3/c1-25-15-6-10(8-24)2-5-14(15)26-9-11-3-4-12(16(18,19)20)7-13(11)17(21,22)23/h2-8H,9H2,1H3. The van der Waals surface area contributed by atoms with E-state index in [-0.39, 0.29) is 23.1 Å². The van der Waals surface area contributed by atoms with Gasteiger partial charge in [0.25, 0.3) is 0 Å². The van der Waals surface area contributed by atoms with E-state index in [1.807, 2.05) is 0 Å². The second-order valence-electron chi connectivity index (χ2n) is 5.18. The molecule has 0 aliphatic rings. The second kappa shape index (κ2) is 7.27. The van der Waals surface area contributed by atoms with Crippen LogP contribution in [0.2, 0.25) is 0 Å². The number of halogens is 6. The third-order valence-electron chi connectivity index (χ3n) is 3.45. The first-order chi connectivity index (χ1) is 12.1. The SMILES string of the molecule is COc1cc(C=O)ccc1OCc1ccc(C(F)(F)F)cc1C(F)(F)F. The molecule has 0 atom stereocenters. The van der Waals surface area contributed by atoms with Crippen molar-refractivity contribution in [3.63, 3.8) is 0 Å². The number of hydrogen-bond donors (Lipinski definition) is 0. The highest BCUT2D eigenvalue weighted by Crippen LogP contribution is 2.38. The van der Waals surface area contributed by atoms with E-state index >= 15 is 0 Å². The largest absolute Gasteiger partial charge is 0.493 e. The van der Waals surface area contributed by atoms with Crippen molar-refractivity contribution in [3.8, 4) is 11.5 Å². The zero-order valence-electron chi connectivity index (χ0n) is 13.2. The summed E-state index contributed by atoms with van der Waals surface area (Å²) in [5.41, 5.74) is -3.04. The van der Waals surface area contributed by atoms with Gasteiger partial charge in [-0.3, -0.25) is 4.79 Å². The zero-order chi connectivity index (χ0) is 19.5. The Hall–Kier alpha value is -2.71. The number of methoxy groups -OCH3 is 1. The maximum Gasteiger partial charge on any atom is 0.416 e. The number of carbonyl (C=O) groups excluding carboxylic acids is 1. The summed E-state index contributed by atoms with van der Waals surface area (Å²) in [4.78, 5) is 10.7. The molecule has 9 heteroatoms. The lowest BCUT2D eigenvalue weighted by Gasteiger charge is -2.17. The van der Waals surface area contributed by atoms with Crippen LogP contribution in [-0.4, -0.2) is 13.4 Å². The quantitative estimate of drug-likeness (QED) is 0.535. The summed E-state index contributed by atoms with van der Waals surface area (Å²) in [6, 6.07) is 5.33. The predicted octanol–water partition coefficient (Wildman–Crippen LogP) is 5.12. The lowest BCUT2D eigenvalue weighted by molar-refractivity contribution is -0.143. The minimum absolute atomic E-state index is 0.0470. The monoisotopic (exact) mass is 378 g/mol. The number of rotatable bonds is 5. The van der Waals surface area contributed by atoms with E-state index in [2.05, 4.69) is 0 Å². The average molecular weight is 378 g/mol. The lowest BCUT2D eigenvalue weighted by atomic mass is 10.0. The van der Waals surface area contributed by atoms with Gasteiger partial charge in [0.2, 0.25) is 0 Å². The Morgan fingerprint density at radius 2 is 1.62 bits per heavy atom. The van der Waals surface area contributed by atoms with Crippen molar-refractivity contribution in [2.24, 2.45) is 0 Å². The molecule has 0 aliphatic heterocycles. The van der Waals surface area contributed by atoms with Crippen LogP contribution in [-0.2, 0) is 19.0 Å². The first-order valence-corrected chi connectivity index (χ1v) is 7.09. The first-order valence-electron chi connectivity index (χ1n) is 7.09. The molecule has 0 aromatic heterocycles. The number of benzene rings is 2. The normalized spacial score (nSPS) is 12.0. The van der Waals surface area contributed by atoms with E-state index in [4.69, 9.17) is 9.47 Å². The van der Waals surface area contributed by atoms with Gasteiger partial charge in [-0.15, -0.1) is 0 Å². The first kappa shape index (κ1) is 19.6. The van der Waals surface area contributed by atoms with E-state index in [1.165, 1.54) is 25.3 Å². The molecule has 140 valence electrons. The molecule has 2 rings (SSSR count). The molecule has 26 heavy (non-hydrogen) atoms.